The standard InChI is InChI=1S/C21H17FN4O5/c1-30-14-3-2-11-9-26(19(28)17(11)18(14)22)10-21(7-16(27)24-20(29)25-21)15-6-12-8-23-5-4-13(12)31-15/h2-6,8H,7,9-10H2,1H3,(H2,24,25,27,29)/t21-/m0/s1. The fraction of sp³-hybridized carbons (Fsp3) is 0.238. The lowest BCUT2D eigenvalue weighted by Gasteiger charge is -2.38. The van der Waals surface area contributed by atoms with Gasteiger partial charge in [0.25, 0.3) is 5.91 Å². The molecule has 1 aromatic carbocycles. The summed E-state index contributed by atoms with van der Waals surface area (Å²) in [7, 11) is 1.32. The van der Waals surface area contributed by atoms with Gasteiger partial charge in [0, 0.05) is 24.3 Å². The highest BCUT2D eigenvalue weighted by Gasteiger charge is 2.47. The predicted molar refractivity (Wildman–Crippen MR) is 105 cm³/mol. The molecule has 2 aliphatic heterocycles. The molecule has 10 heteroatoms. The van der Waals surface area contributed by atoms with E-state index in [-0.39, 0.29) is 30.8 Å². The van der Waals surface area contributed by atoms with Gasteiger partial charge in [-0.05, 0) is 23.8 Å². The van der Waals surface area contributed by atoms with Crippen LogP contribution in [0.4, 0.5) is 9.18 Å². The molecule has 2 N–H and O–H groups in total. The highest BCUT2D eigenvalue weighted by atomic mass is 19.1. The molecular formula is C21H17FN4O5. The minimum absolute atomic E-state index is 0.0289. The van der Waals surface area contributed by atoms with Crippen LogP contribution in [0.1, 0.15) is 28.1 Å². The number of halogens is 1. The topological polar surface area (TPSA) is 114 Å². The van der Waals surface area contributed by atoms with Gasteiger partial charge in [0.05, 0.1) is 25.6 Å². The van der Waals surface area contributed by atoms with Crippen LogP contribution in [0.5, 0.6) is 5.75 Å². The average molecular weight is 424 g/mol. The fourth-order valence-electron chi connectivity index (χ4n) is 4.19. The molecule has 31 heavy (non-hydrogen) atoms. The average Bonchev–Trinajstić information content (AvgIpc) is 3.30. The maximum Gasteiger partial charge on any atom is 0.322 e. The fourth-order valence-corrected chi connectivity index (χ4v) is 4.19. The van der Waals surface area contributed by atoms with E-state index >= 15 is 0 Å². The van der Waals surface area contributed by atoms with Gasteiger partial charge in [0.2, 0.25) is 5.91 Å². The number of nitrogens with one attached hydrogen (secondary N) is 2. The highest BCUT2D eigenvalue weighted by molar-refractivity contribution is 6.00. The van der Waals surface area contributed by atoms with Crippen molar-refractivity contribution >= 4 is 28.8 Å². The first-order valence-electron chi connectivity index (χ1n) is 9.51. The second kappa shape index (κ2) is 6.79. The molecule has 0 saturated carbocycles. The summed E-state index contributed by atoms with van der Waals surface area (Å²) in [6, 6.07) is 5.73. The normalized spacial score (nSPS) is 20.6. The summed E-state index contributed by atoms with van der Waals surface area (Å²) < 4.78 is 25.6. The van der Waals surface area contributed by atoms with Crippen molar-refractivity contribution in [1.82, 2.24) is 20.5 Å². The van der Waals surface area contributed by atoms with Crippen LogP contribution < -0.4 is 15.4 Å². The van der Waals surface area contributed by atoms with Crippen molar-refractivity contribution < 1.29 is 27.9 Å². The Balaban J connectivity index is 1.55. The highest BCUT2D eigenvalue weighted by Crippen LogP contribution is 2.37. The molecule has 2 aliphatic rings. The molecule has 0 spiro atoms. The van der Waals surface area contributed by atoms with Crippen LogP contribution in [0.15, 0.2) is 41.1 Å². The molecule has 2 aromatic heterocycles. The molecule has 0 aliphatic carbocycles. The maximum absolute atomic E-state index is 14.7. The first-order valence-corrected chi connectivity index (χ1v) is 9.51. The van der Waals surface area contributed by atoms with Gasteiger partial charge in [-0.15, -0.1) is 0 Å². The lowest BCUT2D eigenvalue weighted by molar-refractivity contribution is -0.123. The SMILES string of the molecule is COc1ccc2c(c1F)C(=O)N(C[C@]1(c3cc4cnccc4o3)CC(=O)NC(=O)N1)C2. The number of nitrogens with zero attached hydrogens (tertiary/aromatic N) is 2. The number of carbonyl (C=O) groups is 3. The van der Waals surface area contributed by atoms with E-state index in [2.05, 4.69) is 15.6 Å². The van der Waals surface area contributed by atoms with Gasteiger partial charge in [0.1, 0.15) is 16.9 Å². The monoisotopic (exact) mass is 424 g/mol. The van der Waals surface area contributed by atoms with Crippen molar-refractivity contribution in [2.75, 3.05) is 13.7 Å². The summed E-state index contributed by atoms with van der Waals surface area (Å²) in [4.78, 5) is 43.0. The summed E-state index contributed by atoms with van der Waals surface area (Å²) in [5.41, 5.74) is -0.373. The maximum atomic E-state index is 14.7. The molecule has 1 fully saturated rings. The summed E-state index contributed by atoms with van der Waals surface area (Å²) in [6.07, 6.45) is 3.00. The molecule has 1 saturated heterocycles. The minimum atomic E-state index is -1.32. The molecule has 0 bridgehead atoms. The number of ether oxygens (including phenoxy) is 1. The van der Waals surface area contributed by atoms with Crippen LogP contribution >= 0.6 is 0 Å². The third-order valence-corrected chi connectivity index (χ3v) is 5.59. The van der Waals surface area contributed by atoms with Gasteiger partial charge in [0.15, 0.2) is 11.6 Å². The number of benzene rings is 1. The molecule has 0 radical (unpaired) electrons. The molecular weight excluding hydrogens is 407 g/mol. The van der Waals surface area contributed by atoms with Gasteiger partial charge in [-0.2, -0.15) is 0 Å². The Hall–Kier alpha value is -3.95. The second-order valence-electron chi connectivity index (χ2n) is 7.56. The molecule has 3 aromatic rings. The Bertz CT molecular complexity index is 1200. The van der Waals surface area contributed by atoms with Crippen LogP contribution in [0, 0.1) is 5.82 Å². The smallest absolute Gasteiger partial charge is 0.322 e. The van der Waals surface area contributed by atoms with Gasteiger partial charge in [-0.25, -0.2) is 9.18 Å². The van der Waals surface area contributed by atoms with E-state index in [1.807, 2.05) is 0 Å². The van der Waals surface area contributed by atoms with Gasteiger partial charge in [-0.1, -0.05) is 6.07 Å². The number of furan rings is 1. The molecule has 1 atom stereocenters. The van der Waals surface area contributed by atoms with E-state index in [0.717, 1.165) is 0 Å². The Morgan fingerprint density at radius 1 is 1.29 bits per heavy atom. The molecule has 0 unspecified atom stereocenters. The molecule has 9 nitrogen and oxygen atoms in total. The summed E-state index contributed by atoms with van der Waals surface area (Å²) >= 11 is 0. The second-order valence-corrected chi connectivity index (χ2v) is 7.56. The number of amides is 4. The Morgan fingerprint density at radius 2 is 2.13 bits per heavy atom. The van der Waals surface area contributed by atoms with Crippen LogP contribution in [0.2, 0.25) is 0 Å². The van der Waals surface area contributed by atoms with E-state index in [1.54, 1.807) is 30.6 Å². The number of urea groups is 1. The largest absolute Gasteiger partial charge is 0.494 e. The number of pyridine rings is 1. The van der Waals surface area contributed by atoms with Crippen LogP contribution in [0.3, 0.4) is 0 Å². The molecule has 4 heterocycles. The lowest BCUT2D eigenvalue weighted by Crippen LogP contribution is -2.62. The van der Waals surface area contributed by atoms with Crippen molar-refractivity contribution in [1.29, 1.82) is 0 Å². The van der Waals surface area contributed by atoms with Crippen LogP contribution in [0.25, 0.3) is 11.0 Å². The lowest BCUT2D eigenvalue weighted by atomic mass is 9.89. The van der Waals surface area contributed by atoms with Crippen molar-refractivity contribution in [2.24, 2.45) is 0 Å². The summed E-state index contributed by atoms with van der Waals surface area (Å²) in [5.74, 6) is -1.52. The van der Waals surface area contributed by atoms with E-state index in [0.29, 0.717) is 22.3 Å². The summed E-state index contributed by atoms with van der Waals surface area (Å²) in [5, 5.41) is 5.63. The van der Waals surface area contributed by atoms with E-state index in [4.69, 9.17) is 9.15 Å². The zero-order valence-electron chi connectivity index (χ0n) is 16.4. The van der Waals surface area contributed by atoms with Gasteiger partial charge >= 0.3 is 6.03 Å². The number of hydrogen-bond donors (Lipinski definition) is 2. The van der Waals surface area contributed by atoms with E-state index < -0.39 is 29.2 Å². The number of carbonyl (C=O) groups excluding carboxylic acids is 3. The minimum Gasteiger partial charge on any atom is -0.494 e. The van der Waals surface area contributed by atoms with Gasteiger partial charge < -0.3 is 19.4 Å². The van der Waals surface area contributed by atoms with E-state index in [1.165, 1.54) is 18.1 Å². The van der Waals surface area contributed by atoms with Crippen molar-refractivity contribution in [2.45, 2.75) is 18.5 Å². The quantitative estimate of drug-likeness (QED) is 0.663. The third kappa shape index (κ3) is 2.98. The van der Waals surface area contributed by atoms with E-state index in [9.17, 15) is 18.8 Å². The number of rotatable bonds is 4. The van der Waals surface area contributed by atoms with Crippen molar-refractivity contribution in [3.8, 4) is 5.75 Å². The summed E-state index contributed by atoms with van der Waals surface area (Å²) in [6.45, 7) is 0.0325. The number of hydrogen-bond acceptors (Lipinski definition) is 6. The van der Waals surface area contributed by atoms with Crippen molar-refractivity contribution in [3.05, 3.63) is 59.4 Å². The zero-order chi connectivity index (χ0) is 21.8. The van der Waals surface area contributed by atoms with Crippen LogP contribution in [-0.2, 0) is 16.9 Å². The first kappa shape index (κ1) is 19.0. The Labute approximate surface area is 175 Å². The third-order valence-electron chi connectivity index (χ3n) is 5.59. The predicted octanol–water partition coefficient (Wildman–Crippen LogP) is 2.06. The molecule has 158 valence electrons. The number of imide groups is 1. The first-order chi connectivity index (χ1) is 14.9. The molecule has 5 rings (SSSR count). The molecule has 4 amide bonds. The number of aromatic nitrogens is 1. The van der Waals surface area contributed by atoms with Crippen LogP contribution in [-0.4, -0.2) is 41.4 Å². The van der Waals surface area contributed by atoms with Gasteiger partial charge in [-0.3, -0.25) is 19.9 Å². The zero-order valence-corrected chi connectivity index (χ0v) is 16.4. The van der Waals surface area contributed by atoms with Crippen molar-refractivity contribution in [3.63, 3.8) is 0 Å². The Morgan fingerprint density at radius 3 is 2.87 bits per heavy atom. The Kier molecular flexibility index (Phi) is 4.17. The number of fused-ring (bicyclic) bond motifs is 2. The number of methoxy groups -OCH3 is 1.